The SMILES string of the molecule is CCCCCCCCCCCCCCCCC1=NCC[N+]1(CC(=O)O)C(O)CCC.C[N+](C)(C)CC(=O)O. The number of carbonyl (C=O) groups is 2. The Bertz CT molecular complexity index is 663. The molecule has 38 heavy (non-hydrogen) atoms. The maximum atomic E-state index is 11.4. The van der Waals surface area contributed by atoms with Crippen LogP contribution in [0.15, 0.2) is 4.99 Å². The number of unbranched alkanes of at least 4 members (excludes halogenated alkanes) is 13. The first-order chi connectivity index (χ1) is 18.0. The number of aliphatic carboxylic acids is 2. The number of amidine groups is 1. The van der Waals surface area contributed by atoms with Crippen LogP contribution < -0.4 is 0 Å². The number of carboxylic acids is 2. The number of aliphatic hydroxyl groups excluding tert-OH is 1. The highest BCUT2D eigenvalue weighted by atomic mass is 16.4. The van der Waals surface area contributed by atoms with Gasteiger partial charge in [0.2, 0.25) is 5.84 Å². The van der Waals surface area contributed by atoms with E-state index in [0.717, 1.165) is 25.1 Å². The van der Waals surface area contributed by atoms with Crippen molar-refractivity contribution in [1.82, 2.24) is 0 Å². The molecule has 3 N–H and O–H groups in total. The van der Waals surface area contributed by atoms with Gasteiger partial charge in [0, 0.05) is 12.8 Å². The van der Waals surface area contributed by atoms with E-state index in [9.17, 15) is 19.8 Å². The fraction of sp³-hybridized carbons (Fsp3) is 0.900. The first-order valence-corrected chi connectivity index (χ1v) is 15.3. The zero-order chi connectivity index (χ0) is 28.9. The molecule has 1 aliphatic heterocycles. The first-order valence-electron chi connectivity index (χ1n) is 15.3. The summed E-state index contributed by atoms with van der Waals surface area (Å²) in [4.78, 5) is 26.0. The summed E-state index contributed by atoms with van der Waals surface area (Å²) < 4.78 is 0.650. The van der Waals surface area contributed by atoms with E-state index in [-0.39, 0.29) is 17.6 Å². The standard InChI is InChI=1S/C25H48N2O3.C5H11NO2/c1-3-5-6-7-8-9-10-11-12-13-14-15-16-17-19-23-26-20-21-27(23,22-25(29)30)24(28)18-4-2;1-6(2,3)4-5(7)8/h24,28H,3-22H2,1-2H3;4H2,1-3H3/p+2. The van der Waals surface area contributed by atoms with Crippen LogP contribution in [0.2, 0.25) is 0 Å². The van der Waals surface area contributed by atoms with Gasteiger partial charge in [-0.25, -0.2) is 19.1 Å². The third kappa shape index (κ3) is 17.9. The quantitative estimate of drug-likeness (QED) is 0.114. The first kappa shape index (κ1) is 36.5. The molecule has 0 saturated carbocycles. The molecule has 0 radical (unpaired) electrons. The Morgan fingerprint density at radius 1 is 0.789 bits per heavy atom. The lowest BCUT2D eigenvalue weighted by Crippen LogP contribution is -2.60. The van der Waals surface area contributed by atoms with Crippen LogP contribution in [-0.4, -0.2) is 95.6 Å². The zero-order valence-electron chi connectivity index (χ0n) is 25.4. The van der Waals surface area contributed by atoms with Crippen molar-refractivity contribution in [3.05, 3.63) is 0 Å². The molecule has 0 fully saturated rings. The lowest BCUT2D eigenvalue weighted by atomic mass is 10.0. The maximum Gasteiger partial charge on any atom is 0.359 e. The highest BCUT2D eigenvalue weighted by Gasteiger charge is 2.45. The Morgan fingerprint density at radius 3 is 1.63 bits per heavy atom. The highest BCUT2D eigenvalue weighted by molar-refractivity contribution is 5.80. The molecule has 0 aliphatic carbocycles. The Morgan fingerprint density at radius 2 is 1.26 bits per heavy atom. The molecule has 0 saturated heterocycles. The van der Waals surface area contributed by atoms with Crippen molar-refractivity contribution in [2.75, 3.05) is 47.3 Å². The third-order valence-electron chi connectivity index (χ3n) is 7.21. The van der Waals surface area contributed by atoms with Crippen molar-refractivity contribution in [1.29, 1.82) is 0 Å². The monoisotopic (exact) mass is 543 g/mol. The molecular weight excluding hydrogens is 482 g/mol. The van der Waals surface area contributed by atoms with Gasteiger partial charge in [-0.05, 0) is 12.8 Å². The lowest BCUT2D eigenvalue weighted by molar-refractivity contribution is -0.880. The van der Waals surface area contributed by atoms with Gasteiger partial charge in [0.1, 0.15) is 6.54 Å². The summed E-state index contributed by atoms with van der Waals surface area (Å²) in [5.41, 5.74) is 0. The zero-order valence-corrected chi connectivity index (χ0v) is 25.4. The van der Waals surface area contributed by atoms with Gasteiger partial charge in [-0.2, -0.15) is 0 Å². The number of quaternary nitrogens is 2. The van der Waals surface area contributed by atoms with Crippen LogP contribution in [0, 0.1) is 0 Å². The molecule has 0 amide bonds. The molecule has 224 valence electrons. The Labute approximate surface area is 233 Å². The minimum atomic E-state index is -0.847. The third-order valence-corrected chi connectivity index (χ3v) is 7.21. The van der Waals surface area contributed by atoms with Gasteiger partial charge in [-0.3, -0.25) is 0 Å². The second-order valence-corrected chi connectivity index (χ2v) is 12.1. The van der Waals surface area contributed by atoms with Crippen molar-refractivity contribution >= 4 is 17.8 Å². The summed E-state index contributed by atoms with van der Waals surface area (Å²) >= 11 is 0. The predicted molar refractivity (Wildman–Crippen MR) is 156 cm³/mol. The van der Waals surface area contributed by atoms with E-state index in [1.54, 1.807) is 0 Å². The number of aliphatic hydroxyl groups is 1. The van der Waals surface area contributed by atoms with E-state index in [2.05, 4.69) is 11.9 Å². The van der Waals surface area contributed by atoms with Gasteiger partial charge >= 0.3 is 11.9 Å². The lowest BCUT2D eigenvalue weighted by Gasteiger charge is -2.37. The highest BCUT2D eigenvalue weighted by Crippen LogP contribution is 2.25. The molecule has 0 aromatic rings. The molecule has 8 nitrogen and oxygen atoms in total. The summed E-state index contributed by atoms with van der Waals surface area (Å²) in [6, 6.07) is 0. The topological polar surface area (TPSA) is 107 Å². The van der Waals surface area contributed by atoms with Gasteiger partial charge in [0.15, 0.2) is 19.3 Å². The van der Waals surface area contributed by atoms with Crippen LogP contribution in [0.5, 0.6) is 0 Å². The Hall–Kier alpha value is -1.51. The maximum absolute atomic E-state index is 11.4. The van der Waals surface area contributed by atoms with E-state index in [4.69, 9.17) is 5.11 Å². The number of carboxylic acid groups (broad SMARTS) is 2. The van der Waals surface area contributed by atoms with Crippen LogP contribution in [-0.2, 0) is 9.59 Å². The van der Waals surface area contributed by atoms with Crippen molar-refractivity contribution in [2.24, 2.45) is 4.99 Å². The van der Waals surface area contributed by atoms with E-state index in [0.29, 0.717) is 24.0 Å². The van der Waals surface area contributed by atoms with Crippen LogP contribution >= 0.6 is 0 Å². The molecular formula is C30H61N3O5+2. The average Bonchev–Trinajstić information content (AvgIpc) is 3.21. The molecule has 8 heteroatoms. The van der Waals surface area contributed by atoms with Crippen molar-refractivity contribution in [3.8, 4) is 0 Å². The molecule has 1 rings (SSSR count). The van der Waals surface area contributed by atoms with E-state index >= 15 is 0 Å². The number of nitrogens with zero attached hydrogens (tertiary/aromatic N) is 3. The molecule has 1 heterocycles. The molecule has 2 atom stereocenters. The van der Waals surface area contributed by atoms with E-state index in [1.807, 2.05) is 28.1 Å². The number of hydrogen-bond donors (Lipinski definition) is 3. The van der Waals surface area contributed by atoms with Gasteiger partial charge in [-0.15, -0.1) is 0 Å². The summed E-state index contributed by atoms with van der Waals surface area (Å²) in [7, 11) is 5.52. The number of hydrogen-bond acceptors (Lipinski definition) is 4. The van der Waals surface area contributed by atoms with Gasteiger partial charge < -0.3 is 19.8 Å². The average molecular weight is 544 g/mol. The van der Waals surface area contributed by atoms with Gasteiger partial charge in [-0.1, -0.05) is 97.3 Å². The fourth-order valence-corrected chi connectivity index (χ4v) is 5.16. The van der Waals surface area contributed by atoms with Crippen LogP contribution in [0.25, 0.3) is 0 Å². The summed E-state index contributed by atoms with van der Waals surface area (Å²) in [5, 5.41) is 28.3. The van der Waals surface area contributed by atoms with Crippen LogP contribution in [0.4, 0.5) is 0 Å². The normalized spacial score (nSPS) is 18.0. The number of aliphatic imine (C=N–C) groups is 1. The Kier molecular flexibility index (Phi) is 20.5. The number of likely N-dealkylation sites (N-methyl/N-ethyl adjacent to an activating group) is 1. The largest absolute Gasteiger partial charge is 0.477 e. The summed E-state index contributed by atoms with van der Waals surface area (Å²) in [6.07, 6.45) is 20.3. The van der Waals surface area contributed by atoms with Gasteiger partial charge in [0.05, 0.1) is 27.7 Å². The fourth-order valence-electron chi connectivity index (χ4n) is 5.16. The minimum absolute atomic E-state index is 0.0431. The van der Waals surface area contributed by atoms with Crippen LogP contribution in [0.1, 0.15) is 123 Å². The van der Waals surface area contributed by atoms with Crippen molar-refractivity contribution < 1.29 is 33.9 Å². The van der Waals surface area contributed by atoms with Crippen molar-refractivity contribution in [2.45, 2.75) is 129 Å². The minimum Gasteiger partial charge on any atom is -0.477 e. The molecule has 0 bridgehead atoms. The number of rotatable bonds is 22. The van der Waals surface area contributed by atoms with E-state index < -0.39 is 18.2 Å². The molecule has 0 aromatic heterocycles. The molecule has 2 unspecified atom stereocenters. The molecule has 0 aromatic carbocycles. The second-order valence-electron chi connectivity index (χ2n) is 12.1. The molecule has 0 spiro atoms. The molecule has 1 aliphatic rings. The summed E-state index contributed by atoms with van der Waals surface area (Å²) in [5.74, 6) is -0.685. The van der Waals surface area contributed by atoms with E-state index in [1.165, 1.54) is 83.5 Å². The predicted octanol–water partition coefficient (Wildman–Crippen LogP) is 6.07. The Balaban J connectivity index is 0.00000147. The summed E-state index contributed by atoms with van der Waals surface area (Å²) in [6.45, 7) is 5.70. The van der Waals surface area contributed by atoms with Gasteiger partial charge in [0.25, 0.3) is 0 Å². The smallest absolute Gasteiger partial charge is 0.359 e. The van der Waals surface area contributed by atoms with Crippen molar-refractivity contribution in [3.63, 3.8) is 0 Å². The second kappa shape index (κ2) is 21.3. The van der Waals surface area contributed by atoms with Crippen LogP contribution in [0.3, 0.4) is 0 Å².